The number of anilines is 1. The van der Waals surface area contributed by atoms with E-state index < -0.39 is 0 Å². The van der Waals surface area contributed by atoms with Crippen LogP contribution >= 0.6 is 0 Å². The number of nitrogen functional groups attached to an aromatic ring is 1. The number of nitrogens with one attached hydrogen (secondary N) is 2. The summed E-state index contributed by atoms with van der Waals surface area (Å²) in [6.07, 6.45) is 11.2. The second-order valence-electron chi connectivity index (χ2n) is 8.61. The van der Waals surface area contributed by atoms with E-state index in [4.69, 9.17) is 22.6 Å². The molecule has 8 N–H and O–H groups in total. The minimum absolute atomic E-state index is 0.181. The minimum Gasteiger partial charge on any atom is -0.398 e. The van der Waals surface area contributed by atoms with Gasteiger partial charge in [-0.25, -0.2) is 0 Å². The number of nitrogens with zero attached hydrogens (tertiary/aromatic N) is 2. The van der Waals surface area contributed by atoms with E-state index in [1.54, 1.807) is 24.7 Å². The topological polar surface area (TPSA) is 140 Å². The van der Waals surface area contributed by atoms with Gasteiger partial charge in [-0.2, -0.15) is 0 Å². The van der Waals surface area contributed by atoms with Gasteiger partial charge in [0.2, 0.25) is 0 Å². The Balaban J connectivity index is 1.47. The molecule has 7 heteroatoms. The van der Waals surface area contributed by atoms with Crippen LogP contribution in [0.5, 0.6) is 0 Å². The first-order valence-electron chi connectivity index (χ1n) is 11.3. The Labute approximate surface area is 194 Å². The summed E-state index contributed by atoms with van der Waals surface area (Å²) in [6, 6.07) is 14.5. The van der Waals surface area contributed by atoms with Gasteiger partial charge in [-0.3, -0.25) is 15.4 Å². The highest BCUT2D eigenvalue weighted by molar-refractivity contribution is 6.15. The summed E-state index contributed by atoms with van der Waals surface area (Å²) in [5.74, 6) is 0. The van der Waals surface area contributed by atoms with Crippen molar-refractivity contribution in [1.29, 1.82) is 5.41 Å². The molecule has 0 spiro atoms. The molecule has 1 aliphatic carbocycles. The van der Waals surface area contributed by atoms with Gasteiger partial charge in [-0.05, 0) is 55.0 Å². The molecule has 0 bridgehead atoms. The zero-order valence-corrected chi connectivity index (χ0v) is 18.7. The molecule has 0 atom stereocenters. The average molecular weight is 442 g/mol. The van der Waals surface area contributed by atoms with E-state index in [0.717, 1.165) is 43.4 Å². The predicted molar refractivity (Wildman–Crippen MR) is 134 cm³/mol. The van der Waals surface area contributed by atoms with Gasteiger partial charge in [0.1, 0.15) is 0 Å². The molecule has 1 fully saturated rings. The lowest BCUT2D eigenvalue weighted by Crippen LogP contribution is -2.37. The zero-order chi connectivity index (χ0) is 23.2. The van der Waals surface area contributed by atoms with Crippen LogP contribution in [0.3, 0.4) is 0 Å². The van der Waals surface area contributed by atoms with Gasteiger partial charge in [0.25, 0.3) is 0 Å². The van der Waals surface area contributed by atoms with Crippen LogP contribution in [0.25, 0.3) is 17.3 Å². The number of nitrogens with two attached hydrogens (primary N) is 3. The van der Waals surface area contributed by atoms with Gasteiger partial charge in [-0.15, -0.1) is 0 Å². The number of aromatic nitrogens is 2. The standard InChI is InChI=1S/C26H31N7/c27-20-5-7-21(8-6-20)33-15-18-3-1-2-17(12-18)13-24(29)26(30)22-14-19(4-9-23(22)28)25-16-31-10-11-32-25/h1-4,9-14,16,20-21,30,33H,5-8,15,27-29H2/b24-13-,30-26?. The van der Waals surface area contributed by atoms with Crippen molar-refractivity contribution in [2.45, 2.75) is 44.3 Å². The fraction of sp³-hybridized carbons (Fsp3) is 0.269. The van der Waals surface area contributed by atoms with Crippen molar-refractivity contribution >= 4 is 17.5 Å². The Bertz CT molecular complexity index is 1130. The van der Waals surface area contributed by atoms with Crippen molar-refractivity contribution in [3.8, 4) is 11.3 Å². The van der Waals surface area contributed by atoms with Crippen molar-refractivity contribution in [2.24, 2.45) is 11.5 Å². The molecule has 1 heterocycles. The second kappa shape index (κ2) is 10.4. The average Bonchev–Trinajstić information content (AvgIpc) is 2.84. The first-order chi connectivity index (χ1) is 16.0. The number of hydrogen-bond donors (Lipinski definition) is 5. The second-order valence-corrected chi connectivity index (χ2v) is 8.61. The molecule has 1 aliphatic rings. The van der Waals surface area contributed by atoms with E-state index in [2.05, 4.69) is 27.4 Å². The molecule has 1 aromatic heterocycles. The van der Waals surface area contributed by atoms with Crippen molar-refractivity contribution in [1.82, 2.24) is 15.3 Å². The van der Waals surface area contributed by atoms with E-state index in [1.807, 2.05) is 30.3 Å². The summed E-state index contributed by atoms with van der Waals surface area (Å²) in [4.78, 5) is 8.44. The van der Waals surface area contributed by atoms with E-state index in [9.17, 15) is 0 Å². The molecule has 170 valence electrons. The molecule has 1 saturated carbocycles. The molecular weight excluding hydrogens is 410 g/mol. The largest absolute Gasteiger partial charge is 0.398 e. The lowest BCUT2D eigenvalue weighted by atomic mass is 9.91. The Morgan fingerprint density at radius 2 is 1.91 bits per heavy atom. The third-order valence-electron chi connectivity index (χ3n) is 6.11. The van der Waals surface area contributed by atoms with Crippen LogP contribution in [0.1, 0.15) is 42.4 Å². The van der Waals surface area contributed by atoms with Crippen LogP contribution in [0.15, 0.2) is 66.8 Å². The molecule has 7 nitrogen and oxygen atoms in total. The van der Waals surface area contributed by atoms with Gasteiger partial charge in [0, 0.05) is 47.8 Å². The fourth-order valence-corrected chi connectivity index (χ4v) is 4.17. The van der Waals surface area contributed by atoms with Crippen LogP contribution in [0.4, 0.5) is 5.69 Å². The monoisotopic (exact) mass is 441 g/mol. The first kappa shape index (κ1) is 22.6. The summed E-state index contributed by atoms with van der Waals surface area (Å²) < 4.78 is 0. The molecule has 4 rings (SSSR count). The van der Waals surface area contributed by atoms with E-state index in [-0.39, 0.29) is 5.71 Å². The molecule has 33 heavy (non-hydrogen) atoms. The van der Waals surface area contributed by atoms with E-state index in [1.165, 1.54) is 5.56 Å². The Hall–Kier alpha value is -3.55. The molecule has 2 aromatic carbocycles. The molecule has 3 aromatic rings. The van der Waals surface area contributed by atoms with Crippen LogP contribution in [0, 0.1) is 5.41 Å². The summed E-state index contributed by atoms with van der Waals surface area (Å²) in [7, 11) is 0. The van der Waals surface area contributed by atoms with E-state index in [0.29, 0.717) is 34.7 Å². The molecule has 0 amide bonds. The maximum atomic E-state index is 8.64. The number of hydrogen-bond acceptors (Lipinski definition) is 7. The molecule has 0 unspecified atom stereocenters. The maximum absolute atomic E-state index is 8.64. The van der Waals surface area contributed by atoms with Crippen LogP contribution in [-0.2, 0) is 6.54 Å². The summed E-state index contributed by atoms with van der Waals surface area (Å²) in [5.41, 5.74) is 23.8. The Morgan fingerprint density at radius 1 is 1.09 bits per heavy atom. The molecule has 0 saturated heterocycles. The lowest BCUT2D eigenvalue weighted by molar-refractivity contribution is 0.342. The molecule has 0 aliphatic heterocycles. The van der Waals surface area contributed by atoms with Gasteiger partial charge < -0.3 is 22.5 Å². The fourth-order valence-electron chi connectivity index (χ4n) is 4.17. The van der Waals surface area contributed by atoms with Crippen molar-refractivity contribution < 1.29 is 0 Å². The first-order valence-corrected chi connectivity index (χ1v) is 11.3. The SMILES string of the molecule is N=C(/C(N)=C/c1cccc(CNC2CCC(N)CC2)c1)c1cc(-c2cnccn2)ccc1N. The highest BCUT2D eigenvalue weighted by atomic mass is 14.9. The van der Waals surface area contributed by atoms with Gasteiger partial charge in [0.15, 0.2) is 0 Å². The third kappa shape index (κ3) is 5.83. The number of rotatable bonds is 7. The van der Waals surface area contributed by atoms with Gasteiger partial charge >= 0.3 is 0 Å². The lowest BCUT2D eigenvalue weighted by Gasteiger charge is -2.27. The quantitative estimate of drug-likeness (QED) is 0.281. The summed E-state index contributed by atoms with van der Waals surface area (Å²) >= 11 is 0. The Morgan fingerprint density at radius 3 is 2.67 bits per heavy atom. The van der Waals surface area contributed by atoms with Crippen LogP contribution in [-0.4, -0.2) is 27.8 Å². The van der Waals surface area contributed by atoms with Crippen molar-refractivity contribution in [3.05, 3.63) is 83.4 Å². The molecule has 0 radical (unpaired) electrons. The maximum Gasteiger partial charge on any atom is 0.0885 e. The smallest absolute Gasteiger partial charge is 0.0885 e. The Kier molecular flexibility index (Phi) is 7.12. The number of benzene rings is 2. The van der Waals surface area contributed by atoms with Crippen molar-refractivity contribution in [2.75, 3.05) is 5.73 Å². The van der Waals surface area contributed by atoms with Crippen molar-refractivity contribution in [3.63, 3.8) is 0 Å². The molecular formula is C26H31N7. The number of allylic oxidation sites excluding steroid dienone is 1. The van der Waals surface area contributed by atoms with Gasteiger partial charge in [-0.1, -0.05) is 30.3 Å². The minimum atomic E-state index is 0.181. The normalized spacial score (nSPS) is 18.8. The summed E-state index contributed by atoms with van der Waals surface area (Å²) in [5, 5.41) is 12.3. The summed E-state index contributed by atoms with van der Waals surface area (Å²) in [6.45, 7) is 0.798. The predicted octanol–water partition coefficient (Wildman–Crippen LogP) is 3.45. The van der Waals surface area contributed by atoms with Gasteiger partial charge in [0.05, 0.1) is 23.3 Å². The third-order valence-corrected chi connectivity index (χ3v) is 6.11. The zero-order valence-electron chi connectivity index (χ0n) is 18.7. The van der Waals surface area contributed by atoms with Crippen LogP contribution in [0.2, 0.25) is 0 Å². The van der Waals surface area contributed by atoms with E-state index >= 15 is 0 Å². The highest BCUT2D eigenvalue weighted by Crippen LogP contribution is 2.24. The highest BCUT2D eigenvalue weighted by Gasteiger charge is 2.17. The van der Waals surface area contributed by atoms with Crippen LogP contribution < -0.4 is 22.5 Å².